The molecule has 0 heterocycles. The molecule has 0 bridgehead atoms. The Hall–Kier alpha value is -1.99. The molecule has 3 N–H and O–H groups in total. The van der Waals surface area contributed by atoms with Crippen LogP contribution in [0.2, 0.25) is 0 Å². The minimum atomic E-state index is -0.520. The highest BCUT2D eigenvalue weighted by Gasteiger charge is 2.12. The first-order valence-electron chi connectivity index (χ1n) is 6.33. The number of nitro benzene ring substituents is 1. The molecule has 20 heavy (non-hydrogen) atoms. The second-order valence-electron chi connectivity index (χ2n) is 4.62. The summed E-state index contributed by atoms with van der Waals surface area (Å²) in [4.78, 5) is 22.1. The van der Waals surface area contributed by atoms with Crippen molar-refractivity contribution in [1.82, 2.24) is 10.6 Å². The van der Waals surface area contributed by atoms with Crippen molar-refractivity contribution in [2.24, 2.45) is 0 Å². The molecule has 1 amide bonds. The van der Waals surface area contributed by atoms with E-state index < -0.39 is 11.0 Å². The summed E-state index contributed by atoms with van der Waals surface area (Å²) in [5.41, 5.74) is 0.839. The minimum Gasteiger partial charge on any atom is -0.392 e. The first kappa shape index (κ1) is 16.1. The van der Waals surface area contributed by atoms with E-state index in [4.69, 9.17) is 5.11 Å². The number of aliphatic hydroxyl groups is 1. The molecule has 0 aliphatic rings. The van der Waals surface area contributed by atoms with Gasteiger partial charge in [0, 0.05) is 37.3 Å². The normalized spacial score (nSPS) is 11.9. The third-order valence-corrected chi connectivity index (χ3v) is 2.56. The standard InChI is InChI=1S/C13H19N3O4/c1-9-5-11(7-12(6-9)16(19)20)13(18)15-4-3-14-8-10(2)17/h5-7,10,14,17H,3-4,8H2,1-2H3,(H,15,18). The van der Waals surface area contributed by atoms with Crippen molar-refractivity contribution >= 4 is 11.6 Å². The monoisotopic (exact) mass is 281 g/mol. The number of nitrogens with one attached hydrogen (secondary N) is 2. The zero-order valence-corrected chi connectivity index (χ0v) is 11.5. The van der Waals surface area contributed by atoms with Gasteiger partial charge in [-0.15, -0.1) is 0 Å². The molecule has 1 rings (SSSR count). The second-order valence-corrected chi connectivity index (χ2v) is 4.62. The maximum atomic E-state index is 11.9. The van der Waals surface area contributed by atoms with Crippen molar-refractivity contribution in [2.45, 2.75) is 20.0 Å². The average Bonchev–Trinajstić information content (AvgIpc) is 2.36. The Morgan fingerprint density at radius 3 is 2.70 bits per heavy atom. The van der Waals surface area contributed by atoms with Gasteiger partial charge in [-0.3, -0.25) is 14.9 Å². The quantitative estimate of drug-likeness (QED) is 0.386. The van der Waals surface area contributed by atoms with E-state index in [2.05, 4.69) is 10.6 Å². The van der Waals surface area contributed by atoms with Gasteiger partial charge in [-0.1, -0.05) is 0 Å². The van der Waals surface area contributed by atoms with Crippen LogP contribution in [0.4, 0.5) is 5.69 Å². The lowest BCUT2D eigenvalue weighted by atomic mass is 10.1. The Labute approximate surface area is 117 Å². The molecule has 0 saturated heterocycles. The molecule has 1 aromatic carbocycles. The third kappa shape index (κ3) is 5.33. The number of nitro groups is 1. The van der Waals surface area contributed by atoms with Gasteiger partial charge in [-0.2, -0.15) is 0 Å². The van der Waals surface area contributed by atoms with Crippen LogP contribution in [-0.4, -0.2) is 41.7 Å². The Balaban J connectivity index is 2.53. The lowest BCUT2D eigenvalue weighted by molar-refractivity contribution is -0.384. The summed E-state index contributed by atoms with van der Waals surface area (Å²) in [5, 5.41) is 25.4. The predicted molar refractivity (Wildman–Crippen MR) is 74.7 cm³/mol. The van der Waals surface area contributed by atoms with Gasteiger partial charge in [0.2, 0.25) is 0 Å². The molecule has 0 aliphatic heterocycles. The third-order valence-electron chi connectivity index (χ3n) is 2.56. The number of aliphatic hydroxyl groups excluding tert-OH is 1. The number of carbonyl (C=O) groups excluding carboxylic acids is 1. The number of benzene rings is 1. The molecule has 0 spiro atoms. The molecular weight excluding hydrogens is 262 g/mol. The number of non-ortho nitro benzene ring substituents is 1. The SMILES string of the molecule is Cc1cc(C(=O)NCCNCC(C)O)cc([N+](=O)[O-])c1. The lowest BCUT2D eigenvalue weighted by Crippen LogP contribution is -2.34. The maximum absolute atomic E-state index is 11.9. The number of nitrogens with zero attached hydrogens (tertiary/aromatic N) is 1. The number of aryl methyl sites for hydroxylation is 1. The van der Waals surface area contributed by atoms with Gasteiger partial charge in [0.1, 0.15) is 0 Å². The molecule has 7 heteroatoms. The van der Waals surface area contributed by atoms with E-state index in [0.29, 0.717) is 25.2 Å². The molecule has 0 aromatic heterocycles. The van der Waals surface area contributed by atoms with Crippen molar-refractivity contribution < 1.29 is 14.8 Å². The average molecular weight is 281 g/mol. The van der Waals surface area contributed by atoms with Crippen LogP contribution in [0.5, 0.6) is 0 Å². The van der Waals surface area contributed by atoms with Crippen molar-refractivity contribution in [3.05, 3.63) is 39.4 Å². The number of carbonyl (C=O) groups is 1. The number of hydrogen-bond donors (Lipinski definition) is 3. The molecule has 0 radical (unpaired) electrons. The summed E-state index contributed by atoms with van der Waals surface area (Å²) in [6.07, 6.45) is -0.440. The van der Waals surface area contributed by atoms with E-state index in [-0.39, 0.29) is 17.2 Å². The molecular formula is C13H19N3O4. The van der Waals surface area contributed by atoms with Crippen molar-refractivity contribution in [2.75, 3.05) is 19.6 Å². The van der Waals surface area contributed by atoms with E-state index in [1.807, 2.05) is 0 Å². The smallest absolute Gasteiger partial charge is 0.270 e. The van der Waals surface area contributed by atoms with Crippen LogP contribution < -0.4 is 10.6 Å². The highest BCUT2D eigenvalue weighted by molar-refractivity contribution is 5.95. The van der Waals surface area contributed by atoms with Crippen LogP contribution in [0, 0.1) is 17.0 Å². The number of rotatable bonds is 7. The molecule has 7 nitrogen and oxygen atoms in total. The summed E-state index contributed by atoms with van der Waals surface area (Å²) in [6.45, 7) is 4.72. The molecule has 0 aliphatic carbocycles. The maximum Gasteiger partial charge on any atom is 0.270 e. The summed E-state index contributed by atoms with van der Waals surface area (Å²) < 4.78 is 0. The Morgan fingerprint density at radius 1 is 1.40 bits per heavy atom. The summed E-state index contributed by atoms with van der Waals surface area (Å²) >= 11 is 0. The van der Waals surface area contributed by atoms with Crippen molar-refractivity contribution in [3.63, 3.8) is 0 Å². The summed E-state index contributed by atoms with van der Waals surface area (Å²) in [6, 6.07) is 4.28. The van der Waals surface area contributed by atoms with Crippen LogP contribution >= 0.6 is 0 Å². The molecule has 0 fully saturated rings. The van der Waals surface area contributed by atoms with E-state index in [0.717, 1.165) is 0 Å². The van der Waals surface area contributed by atoms with E-state index >= 15 is 0 Å². The zero-order chi connectivity index (χ0) is 15.1. The van der Waals surface area contributed by atoms with Gasteiger partial charge in [-0.25, -0.2) is 0 Å². The summed E-state index contributed by atoms with van der Waals surface area (Å²) in [5.74, 6) is -0.351. The van der Waals surface area contributed by atoms with Gasteiger partial charge in [0.25, 0.3) is 11.6 Å². The van der Waals surface area contributed by atoms with Crippen LogP contribution in [0.3, 0.4) is 0 Å². The second kappa shape index (κ2) is 7.56. The minimum absolute atomic E-state index is 0.0950. The van der Waals surface area contributed by atoms with E-state index in [1.54, 1.807) is 19.9 Å². The van der Waals surface area contributed by atoms with Crippen LogP contribution in [0.25, 0.3) is 0 Å². The highest BCUT2D eigenvalue weighted by atomic mass is 16.6. The summed E-state index contributed by atoms with van der Waals surface area (Å²) in [7, 11) is 0. The largest absolute Gasteiger partial charge is 0.392 e. The van der Waals surface area contributed by atoms with Gasteiger partial charge in [-0.05, 0) is 25.5 Å². The fourth-order valence-corrected chi connectivity index (χ4v) is 1.68. The van der Waals surface area contributed by atoms with Crippen molar-refractivity contribution in [3.8, 4) is 0 Å². The number of hydrogen-bond acceptors (Lipinski definition) is 5. The molecule has 0 saturated carbocycles. The number of amides is 1. The molecule has 1 aromatic rings. The fraction of sp³-hybridized carbons (Fsp3) is 0.462. The molecule has 1 unspecified atom stereocenters. The van der Waals surface area contributed by atoms with Gasteiger partial charge >= 0.3 is 0 Å². The topological polar surface area (TPSA) is 104 Å². The first-order valence-corrected chi connectivity index (χ1v) is 6.33. The van der Waals surface area contributed by atoms with E-state index in [9.17, 15) is 14.9 Å². The lowest BCUT2D eigenvalue weighted by Gasteiger charge is -2.08. The van der Waals surface area contributed by atoms with Crippen molar-refractivity contribution in [1.29, 1.82) is 0 Å². The van der Waals surface area contributed by atoms with Crippen LogP contribution in [0.15, 0.2) is 18.2 Å². The van der Waals surface area contributed by atoms with Crippen LogP contribution in [-0.2, 0) is 0 Å². The Kier molecular flexibility index (Phi) is 6.08. The Bertz CT molecular complexity index is 489. The first-order chi connectivity index (χ1) is 9.40. The predicted octanol–water partition coefficient (Wildman–Crippen LogP) is 0.603. The fourth-order valence-electron chi connectivity index (χ4n) is 1.68. The van der Waals surface area contributed by atoms with Crippen LogP contribution in [0.1, 0.15) is 22.8 Å². The molecule has 110 valence electrons. The molecule has 1 atom stereocenters. The van der Waals surface area contributed by atoms with Gasteiger partial charge < -0.3 is 15.7 Å². The van der Waals surface area contributed by atoms with Gasteiger partial charge in [0.05, 0.1) is 11.0 Å². The van der Waals surface area contributed by atoms with Gasteiger partial charge in [0.15, 0.2) is 0 Å². The highest BCUT2D eigenvalue weighted by Crippen LogP contribution is 2.16. The Morgan fingerprint density at radius 2 is 2.10 bits per heavy atom. The zero-order valence-electron chi connectivity index (χ0n) is 11.5. The van der Waals surface area contributed by atoms with E-state index in [1.165, 1.54) is 12.1 Å².